The minimum atomic E-state index is -0.798. The number of hydrogen-bond donors (Lipinski definition) is 2. The predicted octanol–water partition coefficient (Wildman–Crippen LogP) is -1.90. The summed E-state index contributed by atoms with van der Waals surface area (Å²) in [6.45, 7) is 0.312. The summed E-state index contributed by atoms with van der Waals surface area (Å²) >= 11 is 0. The Kier molecular flexibility index (Phi) is 3.89. The lowest BCUT2D eigenvalue weighted by Gasteiger charge is -2.13. The van der Waals surface area contributed by atoms with Gasteiger partial charge in [-0.15, -0.1) is 5.10 Å². The highest BCUT2D eigenvalue weighted by atomic mass is 16.5. The third kappa shape index (κ3) is 2.72. The SMILES string of the molecule is COC(=O)C[C@@H]1CN(C(=O)c2nn(C)c(=O)[nH]2)C[C@H]1O. The average Bonchev–Trinajstić information content (AvgIpc) is 2.93. The molecule has 0 aliphatic carbocycles. The van der Waals surface area contributed by atoms with Crippen LogP contribution in [0.5, 0.6) is 0 Å². The number of hydrogen-bond acceptors (Lipinski definition) is 6. The number of nitrogens with zero attached hydrogens (tertiary/aromatic N) is 3. The van der Waals surface area contributed by atoms with Crippen molar-refractivity contribution in [3.8, 4) is 0 Å². The van der Waals surface area contributed by atoms with Crippen molar-refractivity contribution in [3.05, 3.63) is 16.3 Å². The molecule has 0 spiro atoms. The minimum Gasteiger partial charge on any atom is -0.469 e. The molecule has 2 heterocycles. The molecule has 0 bridgehead atoms. The molecule has 0 saturated carbocycles. The van der Waals surface area contributed by atoms with Crippen LogP contribution in [-0.2, 0) is 16.6 Å². The molecule has 110 valence electrons. The molecule has 1 aromatic heterocycles. The largest absolute Gasteiger partial charge is 0.469 e. The van der Waals surface area contributed by atoms with Gasteiger partial charge in [-0.25, -0.2) is 9.48 Å². The van der Waals surface area contributed by atoms with Crippen LogP contribution in [0.15, 0.2) is 4.79 Å². The van der Waals surface area contributed by atoms with Crippen LogP contribution in [0.1, 0.15) is 17.0 Å². The molecule has 2 N–H and O–H groups in total. The number of likely N-dealkylation sites (tertiary alicyclic amines) is 1. The van der Waals surface area contributed by atoms with Crippen molar-refractivity contribution >= 4 is 11.9 Å². The molecule has 1 aliphatic rings. The number of aliphatic hydroxyl groups excluding tert-OH is 1. The number of carbonyl (C=O) groups excluding carboxylic acids is 2. The maximum absolute atomic E-state index is 12.1. The summed E-state index contributed by atoms with van der Waals surface area (Å²) in [5.41, 5.74) is -0.487. The summed E-state index contributed by atoms with van der Waals surface area (Å²) in [6, 6.07) is 0. The number of aliphatic hydroxyl groups is 1. The van der Waals surface area contributed by atoms with Gasteiger partial charge in [0.1, 0.15) is 0 Å². The van der Waals surface area contributed by atoms with Crippen molar-refractivity contribution in [2.24, 2.45) is 13.0 Å². The molecule has 1 aliphatic heterocycles. The number of amides is 1. The number of H-pyrrole nitrogens is 1. The highest BCUT2D eigenvalue weighted by molar-refractivity contribution is 5.90. The second kappa shape index (κ2) is 5.45. The first-order valence-corrected chi connectivity index (χ1v) is 6.10. The van der Waals surface area contributed by atoms with E-state index in [9.17, 15) is 19.5 Å². The number of aromatic amines is 1. The predicted molar refractivity (Wildman–Crippen MR) is 65.9 cm³/mol. The van der Waals surface area contributed by atoms with Crippen LogP contribution in [0.25, 0.3) is 0 Å². The van der Waals surface area contributed by atoms with Gasteiger partial charge in [0.2, 0.25) is 5.82 Å². The van der Waals surface area contributed by atoms with Gasteiger partial charge in [0, 0.05) is 26.1 Å². The van der Waals surface area contributed by atoms with E-state index >= 15 is 0 Å². The number of rotatable bonds is 3. The molecule has 1 saturated heterocycles. The van der Waals surface area contributed by atoms with Gasteiger partial charge in [0.25, 0.3) is 5.91 Å². The number of carbonyl (C=O) groups is 2. The Hall–Kier alpha value is -2.16. The number of nitrogens with one attached hydrogen (secondary N) is 1. The Morgan fingerprint density at radius 3 is 2.75 bits per heavy atom. The monoisotopic (exact) mass is 284 g/mol. The van der Waals surface area contributed by atoms with Crippen molar-refractivity contribution in [2.45, 2.75) is 12.5 Å². The number of ether oxygens (including phenoxy) is 1. The van der Waals surface area contributed by atoms with Crippen LogP contribution in [0.3, 0.4) is 0 Å². The molecule has 2 rings (SSSR count). The van der Waals surface area contributed by atoms with E-state index in [1.165, 1.54) is 19.1 Å². The van der Waals surface area contributed by atoms with E-state index in [-0.39, 0.29) is 31.3 Å². The number of aromatic nitrogens is 3. The summed E-state index contributed by atoms with van der Waals surface area (Å²) in [6.07, 6.45) is -0.756. The smallest absolute Gasteiger partial charge is 0.343 e. The number of aryl methyl sites for hydroxylation is 1. The summed E-state index contributed by atoms with van der Waals surface area (Å²) in [7, 11) is 2.69. The van der Waals surface area contributed by atoms with Gasteiger partial charge in [0.15, 0.2) is 0 Å². The Labute approximate surface area is 114 Å². The highest BCUT2D eigenvalue weighted by Crippen LogP contribution is 2.21. The van der Waals surface area contributed by atoms with Gasteiger partial charge < -0.3 is 14.7 Å². The van der Waals surface area contributed by atoms with E-state index in [4.69, 9.17) is 0 Å². The first kappa shape index (κ1) is 14.3. The second-order valence-electron chi connectivity index (χ2n) is 4.72. The van der Waals surface area contributed by atoms with E-state index < -0.39 is 23.7 Å². The third-order valence-electron chi connectivity index (χ3n) is 3.32. The molecule has 0 unspecified atom stereocenters. The summed E-state index contributed by atoms with van der Waals surface area (Å²) in [5.74, 6) is -1.37. The zero-order valence-electron chi connectivity index (χ0n) is 11.2. The summed E-state index contributed by atoms with van der Waals surface area (Å²) in [5, 5.41) is 13.6. The van der Waals surface area contributed by atoms with Gasteiger partial charge in [0.05, 0.1) is 19.6 Å². The summed E-state index contributed by atoms with van der Waals surface area (Å²) in [4.78, 5) is 38.2. The van der Waals surface area contributed by atoms with E-state index in [0.717, 1.165) is 4.68 Å². The van der Waals surface area contributed by atoms with E-state index in [1.807, 2.05) is 0 Å². The van der Waals surface area contributed by atoms with E-state index in [1.54, 1.807) is 0 Å². The Bertz CT molecular complexity index is 578. The van der Waals surface area contributed by atoms with E-state index in [2.05, 4.69) is 14.8 Å². The molecule has 1 fully saturated rings. The van der Waals surface area contributed by atoms with Crippen molar-refractivity contribution in [2.75, 3.05) is 20.2 Å². The van der Waals surface area contributed by atoms with Crippen molar-refractivity contribution < 1.29 is 19.4 Å². The Morgan fingerprint density at radius 1 is 1.50 bits per heavy atom. The van der Waals surface area contributed by atoms with Gasteiger partial charge in [-0.05, 0) is 0 Å². The zero-order chi connectivity index (χ0) is 14.9. The minimum absolute atomic E-state index is 0.0418. The molecule has 2 atom stereocenters. The fourth-order valence-corrected chi connectivity index (χ4v) is 2.17. The van der Waals surface area contributed by atoms with Gasteiger partial charge in [-0.3, -0.25) is 14.6 Å². The molecule has 9 nitrogen and oxygen atoms in total. The molecule has 0 aromatic carbocycles. The molecule has 0 radical (unpaired) electrons. The molecule has 1 aromatic rings. The molecular weight excluding hydrogens is 268 g/mol. The van der Waals surface area contributed by atoms with Crippen LogP contribution in [0.2, 0.25) is 0 Å². The Balaban J connectivity index is 2.06. The zero-order valence-corrected chi connectivity index (χ0v) is 11.2. The maximum atomic E-state index is 12.1. The lowest BCUT2D eigenvalue weighted by Crippen LogP contribution is -2.30. The first-order chi connectivity index (χ1) is 9.42. The van der Waals surface area contributed by atoms with Gasteiger partial charge >= 0.3 is 11.7 Å². The lowest BCUT2D eigenvalue weighted by atomic mass is 10.0. The normalized spacial score (nSPS) is 22.1. The third-order valence-corrected chi connectivity index (χ3v) is 3.32. The summed E-state index contributed by atoms with van der Waals surface area (Å²) < 4.78 is 5.56. The number of esters is 1. The van der Waals surface area contributed by atoms with Crippen molar-refractivity contribution in [1.29, 1.82) is 0 Å². The second-order valence-corrected chi connectivity index (χ2v) is 4.72. The lowest BCUT2D eigenvalue weighted by molar-refractivity contribution is -0.142. The van der Waals surface area contributed by atoms with Crippen LogP contribution in [0, 0.1) is 5.92 Å². The van der Waals surface area contributed by atoms with Gasteiger partial charge in [-0.2, -0.15) is 0 Å². The molecule has 9 heteroatoms. The highest BCUT2D eigenvalue weighted by Gasteiger charge is 2.36. The standard InChI is InChI=1S/C11H16N4O5/c1-14-11(19)12-9(13-14)10(18)15-4-6(7(16)5-15)3-8(17)20-2/h6-7,16H,3-5H2,1-2H3,(H,12,13,19)/t6-,7-/m1/s1. The fourth-order valence-electron chi connectivity index (χ4n) is 2.17. The van der Waals surface area contributed by atoms with Crippen LogP contribution < -0.4 is 5.69 Å². The van der Waals surface area contributed by atoms with Gasteiger partial charge in [-0.1, -0.05) is 0 Å². The van der Waals surface area contributed by atoms with Crippen molar-refractivity contribution in [3.63, 3.8) is 0 Å². The Morgan fingerprint density at radius 2 is 2.20 bits per heavy atom. The quantitative estimate of drug-likeness (QED) is 0.626. The van der Waals surface area contributed by atoms with E-state index in [0.29, 0.717) is 0 Å². The maximum Gasteiger partial charge on any atom is 0.343 e. The average molecular weight is 284 g/mol. The van der Waals surface area contributed by atoms with Crippen LogP contribution in [0.4, 0.5) is 0 Å². The number of methoxy groups -OCH3 is 1. The molecular formula is C11H16N4O5. The molecule has 1 amide bonds. The number of β-amino-alcohol motifs (C(OH)–C–C–N with tert-alkyl or cyclic N) is 1. The fraction of sp³-hybridized carbons (Fsp3) is 0.636. The van der Waals surface area contributed by atoms with Crippen LogP contribution in [-0.4, -0.2) is 63.0 Å². The molecule has 20 heavy (non-hydrogen) atoms. The topological polar surface area (TPSA) is 118 Å². The first-order valence-electron chi connectivity index (χ1n) is 6.10. The van der Waals surface area contributed by atoms with Crippen LogP contribution >= 0.6 is 0 Å². The van der Waals surface area contributed by atoms with Crippen molar-refractivity contribution in [1.82, 2.24) is 19.7 Å².